The molecule has 1 aliphatic rings. The van der Waals surface area contributed by atoms with E-state index in [0.717, 1.165) is 9.13 Å². The zero-order valence-electron chi connectivity index (χ0n) is 23.9. The highest BCUT2D eigenvalue weighted by Crippen LogP contribution is 2.36. The fourth-order valence-corrected chi connectivity index (χ4v) is 6.62. The molecule has 0 unspecified atom stereocenters. The molecule has 12 heteroatoms. The van der Waals surface area contributed by atoms with E-state index in [-0.39, 0.29) is 11.1 Å². The van der Waals surface area contributed by atoms with Crippen molar-refractivity contribution in [1.82, 2.24) is 4.57 Å². The molecule has 0 bridgehead atoms. The van der Waals surface area contributed by atoms with Crippen LogP contribution in [0.5, 0.6) is 17.2 Å². The van der Waals surface area contributed by atoms with Gasteiger partial charge in [-0.2, -0.15) is 0 Å². The predicted molar refractivity (Wildman–Crippen MR) is 180 cm³/mol. The molecule has 8 nitrogen and oxygen atoms in total. The standard InChI is InChI=1S/C32H27Cl2IN2O6S/c1-4-41-25-11-8-20(15-26(25)42-5-2)28-22(31(39)40-3)16-36-32-37(28)30(38)27(44-32)14-19-12-23(33)29(24(34)13-19)43-17-18-6-9-21(35)10-7-18/h6-16,28H,4-5,17H2,1-3H3/b27-14-/t28-/m1/s1. The molecule has 0 spiro atoms. The molecular formula is C32H27Cl2IN2O6S. The van der Waals surface area contributed by atoms with Crippen LogP contribution in [-0.4, -0.2) is 30.9 Å². The summed E-state index contributed by atoms with van der Waals surface area (Å²) < 4.78 is 25.5. The third kappa shape index (κ3) is 6.83. The van der Waals surface area contributed by atoms with Crippen molar-refractivity contribution in [3.63, 3.8) is 0 Å². The predicted octanol–water partition coefficient (Wildman–Crippen LogP) is 6.31. The summed E-state index contributed by atoms with van der Waals surface area (Å²) in [6.45, 7) is 4.91. The van der Waals surface area contributed by atoms with E-state index in [1.54, 1.807) is 36.4 Å². The minimum absolute atomic E-state index is 0.207. The number of aromatic nitrogens is 1. The number of fused-ring (bicyclic) bond motifs is 1. The average Bonchev–Trinajstić information content (AvgIpc) is 3.32. The van der Waals surface area contributed by atoms with E-state index in [1.807, 2.05) is 38.1 Å². The van der Waals surface area contributed by atoms with Gasteiger partial charge in [0, 0.05) is 9.77 Å². The van der Waals surface area contributed by atoms with E-state index in [2.05, 4.69) is 27.6 Å². The van der Waals surface area contributed by atoms with Gasteiger partial charge in [0.05, 0.1) is 46.5 Å². The number of hydrogen-bond acceptors (Lipinski definition) is 8. The zero-order chi connectivity index (χ0) is 31.4. The van der Waals surface area contributed by atoms with Gasteiger partial charge in [-0.05, 0) is 95.6 Å². The summed E-state index contributed by atoms with van der Waals surface area (Å²) in [7, 11) is 1.29. The SMILES string of the molecule is CCOc1ccc([C@@H]2C(C(=O)OC)=CN=c3s/c(=C\c4cc(Cl)c(OCc5ccc(I)cc5)c(Cl)c4)c(=O)n32)cc1OCC. The fraction of sp³-hybridized carbons (Fsp3) is 0.219. The van der Waals surface area contributed by atoms with E-state index in [4.69, 9.17) is 42.1 Å². The zero-order valence-corrected chi connectivity index (χ0v) is 28.4. The minimum Gasteiger partial charge on any atom is -0.490 e. The van der Waals surface area contributed by atoms with E-state index in [1.165, 1.54) is 29.2 Å². The fourth-order valence-electron chi connectivity index (χ4n) is 4.68. The topological polar surface area (TPSA) is 88.4 Å². The monoisotopic (exact) mass is 764 g/mol. The van der Waals surface area contributed by atoms with Crippen LogP contribution in [0.4, 0.5) is 0 Å². The molecule has 1 atom stereocenters. The second kappa shape index (κ2) is 14.2. The van der Waals surface area contributed by atoms with Crippen LogP contribution in [0.15, 0.2) is 76.2 Å². The van der Waals surface area contributed by atoms with Crippen LogP contribution < -0.4 is 29.1 Å². The molecule has 1 aliphatic heterocycles. The van der Waals surface area contributed by atoms with E-state index < -0.39 is 12.0 Å². The maximum absolute atomic E-state index is 13.9. The summed E-state index contributed by atoms with van der Waals surface area (Å²) >= 11 is 16.6. The van der Waals surface area contributed by atoms with Gasteiger partial charge < -0.3 is 18.9 Å². The first-order valence-corrected chi connectivity index (χ1v) is 16.2. The van der Waals surface area contributed by atoms with Crippen LogP contribution in [-0.2, 0) is 16.1 Å². The lowest BCUT2D eigenvalue weighted by molar-refractivity contribution is -0.136. The minimum atomic E-state index is -0.806. The maximum atomic E-state index is 13.9. The van der Waals surface area contributed by atoms with E-state index >= 15 is 0 Å². The molecule has 0 saturated heterocycles. The smallest absolute Gasteiger partial charge is 0.337 e. The molecule has 5 rings (SSSR count). The van der Waals surface area contributed by atoms with Crippen molar-refractivity contribution in [3.8, 4) is 17.2 Å². The molecule has 0 aliphatic carbocycles. The summed E-state index contributed by atoms with van der Waals surface area (Å²) in [5, 5.41) is 0.622. The Morgan fingerprint density at radius 1 is 1.00 bits per heavy atom. The molecule has 2 heterocycles. The number of rotatable bonds is 10. The Balaban J connectivity index is 1.54. The number of halogens is 3. The van der Waals surface area contributed by atoms with Gasteiger partial charge in [-0.3, -0.25) is 9.36 Å². The molecular weight excluding hydrogens is 738 g/mol. The average molecular weight is 765 g/mol. The number of carbonyl (C=O) groups is 1. The summed E-state index contributed by atoms with van der Waals surface area (Å²) in [5.41, 5.74) is 2.09. The number of thiazole rings is 1. The van der Waals surface area contributed by atoms with Crippen molar-refractivity contribution in [1.29, 1.82) is 0 Å². The number of benzene rings is 3. The maximum Gasteiger partial charge on any atom is 0.337 e. The third-order valence-corrected chi connectivity index (χ3v) is 8.90. The summed E-state index contributed by atoms with van der Waals surface area (Å²) in [6.07, 6.45) is 3.13. The number of methoxy groups -OCH3 is 1. The second-order valence-corrected chi connectivity index (χ2v) is 12.5. The highest BCUT2D eigenvalue weighted by atomic mass is 127. The molecule has 0 fully saturated rings. The number of nitrogens with zero attached hydrogens (tertiary/aromatic N) is 2. The van der Waals surface area contributed by atoms with Crippen molar-refractivity contribution < 1.29 is 23.7 Å². The molecule has 0 radical (unpaired) electrons. The molecule has 0 saturated carbocycles. The Hall–Kier alpha value is -3.32. The highest BCUT2D eigenvalue weighted by Gasteiger charge is 2.31. The summed E-state index contributed by atoms with van der Waals surface area (Å²) in [5.74, 6) is 0.825. The van der Waals surface area contributed by atoms with Crippen LogP contribution >= 0.6 is 57.1 Å². The van der Waals surface area contributed by atoms with Gasteiger partial charge in [-0.15, -0.1) is 0 Å². The van der Waals surface area contributed by atoms with Gasteiger partial charge in [0.15, 0.2) is 22.0 Å². The lowest BCUT2D eigenvalue weighted by atomic mass is 9.97. The molecule has 0 amide bonds. The molecule has 228 valence electrons. The normalized spacial score (nSPS) is 14.4. The van der Waals surface area contributed by atoms with Crippen molar-refractivity contribution in [2.24, 2.45) is 4.99 Å². The quantitative estimate of drug-likeness (QED) is 0.139. The molecule has 44 heavy (non-hydrogen) atoms. The first-order valence-electron chi connectivity index (χ1n) is 13.6. The number of ether oxygens (including phenoxy) is 4. The van der Waals surface area contributed by atoms with Gasteiger partial charge in [-0.1, -0.05) is 52.7 Å². The van der Waals surface area contributed by atoms with Crippen LogP contribution in [0.25, 0.3) is 6.08 Å². The van der Waals surface area contributed by atoms with Crippen LogP contribution in [0.3, 0.4) is 0 Å². The van der Waals surface area contributed by atoms with Gasteiger partial charge >= 0.3 is 5.97 Å². The third-order valence-electron chi connectivity index (χ3n) is 6.62. The van der Waals surface area contributed by atoms with Crippen LogP contribution in [0.1, 0.15) is 36.6 Å². The van der Waals surface area contributed by atoms with E-state index in [9.17, 15) is 9.59 Å². The number of hydrogen-bond donors (Lipinski definition) is 0. The van der Waals surface area contributed by atoms with Gasteiger partial charge in [0.1, 0.15) is 6.61 Å². The van der Waals surface area contributed by atoms with Crippen LogP contribution in [0.2, 0.25) is 10.0 Å². The van der Waals surface area contributed by atoms with Gasteiger partial charge in [0.25, 0.3) is 5.56 Å². The summed E-state index contributed by atoms with van der Waals surface area (Å²) in [6, 6.07) is 15.8. The molecule has 1 aromatic heterocycles. The van der Waals surface area contributed by atoms with E-state index in [0.29, 0.717) is 67.6 Å². The Bertz CT molecular complexity index is 1900. The Morgan fingerprint density at radius 3 is 2.34 bits per heavy atom. The first-order chi connectivity index (χ1) is 21.2. The summed E-state index contributed by atoms with van der Waals surface area (Å²) in [4.78, 5) is 31.6. The second-order valence-electron chi connectivity index (χ2n) is 9.48. The van der Waals surface area contributed by atoms with Gasteiger partial charge in [-0.25, -0.2) is 9.79 Å². The van der Waals surface area contributed by atoms with Crippen molar-refractivity contribution in [2.75, 3.05) is 20.3 Å². The lowest BCUT2D eigenvalue weighted by Crippen LogP contribution is -2.39. The molecule has 4 aromatic rings. The van der Waals surface area contributed by atoms with Crippen molar-refractivity contribution >= 4 is 69.2 Å². The Morgan fingerprint density at radius 2 is 1.68 bits per heavy atom. The molecule has 0 N–H and O–H groups in total. The molecule has 3 aromatic carbocycles. The first kappa shape index (κ1) is 32.1. The van der Waals surface area contributed by atoms with Crippen molar-refractivity contribution in [3.05, 3.63) is 116 Å². The highest BCUT2D eigenvalue weighted by molar-refractivity contribution is 14.1. The van der Waals surface area contributed by atoms with Crippen molar-refractivity contribution in [2.45, 2.75) is 26.5 Å². The van der Waals surface area contributed by atoms with Crippen LogP contribution in [0, 0.1) is 3.57 Å². The Kier molecular flexibility index (Phi) is 10.3. The van der Waals surface area contributed by atoms with Gasteiger partial charge in [0.2, 0.25) is 0 Å². The Labute approximate surface area is 281 Å². The lowest BCUT2D eigenvalue weighted by Gasteiger charge is -2.23. The number of carbonyl (C=O) groups excluding carboxylic acids is 1. The largest absolute Gasteiger partial charge is 0.490 e. The number of esters is 1.